The van der Waals surface area contributed by atoms with E-state index in [1.165, 1.54) is 0 Å². The number of hydrogen-bond donors (Lipinski definition) is 1. The fourth-order valence-corrected chi connectivity index (χ4v) is 2.95. The number of carbonyl (C=O) groups is 1. The van der Waals surface area contributed by atoms with Crippen molar-refractivity contribution in [3.05, 3.63) is 17.8 Å². The van der Waals surface area contributed by atoms with E-state index in [0.717, 1.165) is 31.0 Å². The summed E-state index contributed by atoms with van der Waals surface area (Å²) in [6.07, 6.45) is 2.73. The lowest BCUT2D eigenvalue weighted by molar-refractivity contribution is 0.0527. The Morgan fingerprint density at radius 1 is 1.53 bits per heavy atom. The van der Waals surface area contributed by atoms with Gasteiger partial charge < -0.3 is 15.4 Å². The Morgan fingerprint density at radius 3 is 3.16 bits per heavy atom. The number of pyridine rings is 1. The Balaban J connectivity index is 2.25. The van der Waals surface area contributed by atoms with Gasteiger partial charge in [0.05, 0.1) is 17.9 Å². The molecule has 1 saturated heterocycles. The highest BCUT2D eigenvalue weighted by Crippen LogP contribution is 2.26. The molecule has 0 amide bonds. The lowest BCUT2D eigenvalue weighted by Gasteiger charge is -2.23. The van der Waals surface area contributed by atoms with Crippen LogP contribution in [0.25, 0.3) is 0 Å². The van der Waals surface area contributed by atoms with Crippen LogP contribution in [0.1, 0.15) is 23.7 Å². The summed E-state index contributed by atoms with van der Waals surface area (Å²) in [6, 6.07) is 1.61. The number of esters is 1. The van der Waals surface area contributed by atoms with Gasteiger partial charge in [0, 0.05) is 25.0 Å². The molecule has 0 aromatic carbocycles. The van der Waals surface area contributed by atoms with Crippen molar-refractivity contribution in [2.75, 3.05) is 41.8 Å². The van der Waals surface area contributed by atoms with Crippen LogP contribution in [0.5, 0.6) is 0 Å². The van der Waals surface area contributed by atoms with Crippen LogP contribution in [0.3, 0.4) is 0 Å². The molecule has 1 aromatic rings. The number of hydrogen-bond acceptors (Lipinski definition) is 6. The van der Waals surface area contributed by atoms with Crippen molar-refractivity contribution in [1.82, 2.24) is 4.98 Å². The van der Waals surface area contributed by atoms with Gasteiger partial charge in [0.2, 0.25) is 0 Å². The quantitative estimate of drug-likeness (QED) is 0.852. The normalized spacial score (nSPS) is 15.9. The zero-order valence-electron chi connectivity index (χ0n) is 11.1. The number of nitrogens with two attached hydrogens (primary N) is 1. The summed E-state index contributed by atoms with van der Waals surface area (Å²) in [7, 11) is 0. The van der Waals surface area contributed by atoms with Gasteiger partial charge in [0.25, 0.3) is 0 Å². The summed E-state index contributed by atoms with van der Waals surface area (Å²) < 4.78 is 5.01. The van der Waals surface area contributed by atoms with E-state index in [1.54, 1.807) is 19.2 Å². The summed E-state index contributed by atoms with van der Waals surface area (Å²) in [5.74, 6) is 2.54. The first kappa shape index (κ1) is 14.0. The third kappa shape index (κ3) is 3.32. The smallest absolute Gasteiger partial charge is 0.340 e. The molecule has 19 heavy (non-hydrogen) atoms. The van der Waals surface area contributed by atoms with Crippen LogP contribution in [0.4, 0.5) is 11.5 Å². The minimum atomic E-state index is -0.382. The van der Waals surface area contributed by atoms with Crippen LogP contribution in [-0.4, -0.2) is 42.2 Å². The van der Waals surface area contributed by atoms with E-state index in [-0.39, 0.29) is 5.97 Å². The minimum Gasteiger partial charge on any atom is -0.462 e. The monoisotopic (exact) mass is 281 g/mol. The van der Waals surface area contributed by atoms with Gasteiger partial charge >= 0.3 is 5.97 Å². The number of carbonyl (C=O) groups excluding carboxylic acids is 1. The third-order valence-electron chi connectivity index (χ3n) is 2.99. The topological polar surface area (TPSA) is 68.5 Å². The highest BCUT2D eigenvalue weighted by molar-refractivity contribution is 7.99. The number of nitrogen functional groups attached to an aromatic ring is 1. The summed E-state index contributed by atoms with van der Waals surface area (Å²) in [5.41, 5.74) is 6.91. The van der Waals surface area contributed by atoms with Gasteiger partial charge in [-0.2, -0.15) is 11.8 Å². The van der Waals surface area contributed by atoms with Gasteiger partial charge in [0.1, 0.15) is 0 Å². The molecule has 1 aliphatic rings. The third-order valence-corrected chi connectivity index (χ3v) is 4.03. The van der Waals surface area contributed by atoms with E-state index in [1.807, 2.05) is 11.8 Å². The van der Waals surface area contributed by atoms with E-state index in [4.69, 9.17) is 10.5 Å². The molecule has 0 aliphatic carbocycles. The fraction of sp³-hybridized carbons (Fsp3) is 0.538. The molecule has 0 radical (unpaired) electrons. The van der Waals surface area contributed by atoms with Gasteiger partial charge in [-0.3, -0.25) is 0 Å². The van der Waals surface area contributed by atoms with Crippen LogP contribution in [0, 0.1) is 0 Å². The van der Waals surface area contributed by atoms with Crippen LogP contribution in [0.15, 0.2) is 12.3 Å². The van der Waals surface area contributed by atoms with E-state index in [9.17, 15) is 4.79 Å². The Kier molecular flexibility index (Phi) is 4.90. The van der Waals surface area contributed by atoms with Gasteiger partial charge in [-0.1, -0.05) is 0 Å². The van der Waals surface area contributed by atoms with Crippen LogP contribution in [0.2, 0.25) is 0 Å². The first-order valence-corrected chi connectivity index (χ1v) is 7.63. The summed E-state index contributed by atoms with van der Waals surface area (Å²) in [5, 5.41) is 0. The maximum atomic E-state index is 11.8. The molecule has 0 saturated carbocycles. The van der Waals surface area contributed by atoms with Crippen LogP contribution >= 0.6 is 11.8 Å². The van der Waals surface area contributed by atoms with Crippen molar-refractivity contribution in [2.24, 2.45) is 0 Å². The summed E-state index contributed by atoms with van der Waals surface area (Å²) in [4.78, 5) is 18.3. The molecule has 1 aromatic heterocycles. The van der Waals surface area contributed by atoms with Crippen molar-refractivity contribution in [2.45, 2.75) is 13.3 Å². The molecule has 0 spiro atoms. The van der Waals surface area contributed by atoms with E-state index < -0.39 is 0 Å². The van der Waals surface area contributed by atoms with Gasteiger partial charge in [-0.25, -0.2) is 9.78 Å². The molecule has 1 fully saturated rings. The summed E-state index contributed by atoms with van der Waals surface area (Å²) in [6.45, 7) is 3.96. The van der Waals surface area contributed by atoms with Crippen LogP contribution < -0.4 is 10.6 Å². The van der Waals surface area contributed by atoms with Crippen LogP contribution in [-0.2, 0) is 4.74 Å². The molecular weight excluding hydrogens is 262 g/mol. The Labute approximate surface area is 117 Å². The first-order valence-electron chi connectivity index (χ1n) is 6.48. The number of anilines is 2. The lowest BCUT2D eigenvalue weighted by Crippen LogP contribution is -2.28. The number of aromatic nitrogens is 1. The Morgan fingerprint density at radius 2 is 2.37 bits per heavy atom. The van der Waals surface area contributed by atoms with Crippen molar-refractivity contribution in [3.63, 3.8) is 0 Å². The second-order valence-electron chi connectivity index (χ2n) is 4.27. The molecule has 1 aliphatic heterocycles. The van der Waals surface area contributed by atoms with Crippen molar-refractivity contribution in [3.8, 4) is 0 Å². The SMILES string of the molecule is CCOC(=O)c1ccnc(N2CCCSCC2)c1N. The molecule has 2 heterocycles. The molecule has 6 heteroatoms. The fourth-order valence-electron chi connectivity index (χ4n) is 2.06. The zero-order valence-corrected chi connectivity index (χ0v) is 11.9. The Bertz CT molecular complexity index is 446. The largest absolute Gasteiger partial charge is 0.462 e. The van der Waals surface area contributed by atoms with Gasteiger partial charge in [-0.15, -0.1) is 0 Å². The highest BCUT2D eigenvalue weighted by atomic mass is 32.2. The molecule has 0 atom stereocenters. The lowest BCUT2D eigenvalue weighted by atomic mass is 10.2. The predicted octanol–water partition coefficient (Wildman–Crippen LogP) is 1.78. The molecule has 2 rings (SSSR count). The van der Waals surface area contributed by atoms with E-state index >= 15 is 0 Å². The Hall–Kier alpha value is -1.43. The molecule has 0 bridgehead atoms. The molecule has 0 unspecified atom stereocenters. The van der Waals surface area contributed by atoms with Crippen molar-refractivity contribution in [1.29, 1.82) is 0 Å². The average Bonchev–Trinajstić information content (AvgIpc) is 2.68. The van der Waals surface area contributed by atoms with Gasteiger partial charge in [-0.05, 0) is 25.2 Å². The van der Waals surface area contributed by atoms with E-state index in [2.05, 4.69) is 9.88 Å². The second-order valence-corrected chi connectivity index (χ2v) is 5.49. The average molecular weight is 281 g/mol. The van der Waals surface area contributed by atoms with Crippen molar-refractivity contribution < 1.29 is 9.53 Å². The number of thioether (sulfide) groups is 1. The first-order chi connectivity index (χ1) is 9.24. The van der Waals surface area contributed by atoms with E-state index in [0.29, 0.717) is 23.7 Å². The maximum absolute atomic E-state index is 11.8. The molecular formula is C13H19N3O2S. The van der Waals surface area contributed by atoms with Gasteiger partial charge in [0.15, 0.2) is 5.82 Å². The predicted molar refractivity (Wildman–Crippen MR) is 78.8 cm³/mol. The highest BCUT2D eigenvalue weighted by Gasteiger charge is 2.19. The second kappa shape index (κ2) is 6.65. The molecule has 104 valence electrons. The van der Waals surface area contributed by atoms with Crippen molar-refractivity contribution >= 4 is 29.2 Å². The number of rotatable bonds is 3. The molecule has 5 nitrogen and oxygen atoms in total. The number of ether oxygens (including phenoxy) is 1. The standard InChI is InChI=1S/C13H19N3O2S/c1-2-18-13(17)10-4-5-15-12(11(10)14)16-6-3-8-19-9-7-16/h4-5H,2-3,6-9,14H2,1H3. The summed E-state index contributed by atoms with van der Waals surface area (Å²) >= 11 is 1.94. The molecule has 2 N–H and O–H groups in total. The maximum Gasteiger partial charge on any atom is 0.340 e. The zero-order chi connectivity index (χ0) is 13.7. The minimum absolute atomic E-state index is 0.344. The number of nitrogens with zero attached hydrogens (tertiary/aromatic N) is 2.